The molecule has 0 aliphatic carbocycles. The Balaban J connectivity index is 1.94. The van der Waals surface area contributed by atoms with Crippen molar-refractivity contribution in [2.24, 2.45) is 11.3 Å². The molecule has 2 heterocycles. The standard InChI is InChI=1S/C23H33N5O2/c1-6-16(13-29)11-12-24-20-19(21-27-17-9-7-8-10-18(17)30-21)15(2)26-22(28-20)25-14-23(3,4)5/h7-10,16,29H,6,11-14H2,1-5H3,(H2,24,25,26,28). The molecule has 0 aliphatic heterocycles. The number of aliphatic hydroxyl groups is 1. The van der Waals surface area contributed by atoms with Crippen LogP contribution in [-0.4, -0.2) is 39.8 Å². The van der Waals surface area contributed by atoms with Gasteiger partial charge in [-0.05, 0) is 36.8 Å². The average molecular weight is 412 g/mol. The van der Waals surface area contributed by atoms with Crippen molar-refractivity contribution < 1.29 is 9.52 Å². The minimum absolute atomic E-state index is 0.110. The summed E-state index contributed by atoms with van der Waals surface area (Å²) in [5.74, 6) is 2.05. The molecule has 2 aromatic heterocycles. The highest BCUT2D eigenvalue weighted by Gasteiger charge is 2.20. The Morgan fingerprint density at radius 3 is 2.53 bits per heavy atom. The third-order valence-corrected chi connectivity index (χ3v) is 5.06. The second-order valence-corrected chi connectivity index (χ2v) is 8.93. The number of fused-ring (bicyclic) bond motifs is 1. The van der Waals surface area contributed by atoms with Crippen LogP contribution in [0.25, 0.3) is 22.6 Å². The minimum atomic E-state index is 0.110. The summed E-state index contributed by atoms with van der Waals surface area (Å²) in [7, 11) is 0. The SMILES string of the molecule is CCC(CO)CCNc1nc(NCC(C)(C)C)nc(C)c1-c1nc2ccccc2o1. The number of aromatic nitrogens is 3. The van der Waals surface area contributed by atoms with Gasteiger partial charge in [-0.1, -0.05) is 46.2 Å². The van der Waals surface area contributed by atoms with Crippen LogP contribution in [0.4, 0.5) is 11.8 Å². The zero-order chi connectivity index (χ0) is 21.7. The fourth-order valence-corrected chi connectivity index (χ4v) is 3.18. The number of nitrogens with one attached hydrogen (secondary N) is 2. The van der Waals surface area contributed by atoms with Gasteiger partial charge in [0.1, 0.15) is 16.9 Å². The molecule has 0 spiro atoms. The van der Waals surface area contributed by atoms with Crippen molar-refractivity contribution in [2.75, 3.05) is 30.3 Å². The normalized spacial score (nSPS) is 12.9. The molecule has 0 radical (unpaired) electrons. The summed E-state index contributed by atoms with van der Waals surface area (Å²) in [5, 5.41) is 16.3. The van der Waals surface area contributed by atoms with E-state index in [4.69, 9.17) is 9.40 Å². The van der Waals surface area contributed by atoms with E-state index in [1.54, 1.807) is 0 Å². The number of nitrogens with zero attached hydrogens (tertiary/aromatic N) is 3. The lowest BCUT2D eigenvalue weighted by atomic mass is 9.97. The monoisotopic (exact) mass is 411 g/mol. The maximum Gasteiger partial charge on any atom is 0.232 e. The Morgan fingerprint density at radius 1 is 1.10 bits per heavy atom. The van der Waals surface area contributed by atoms with Crippen LogP contribution in [0.2, 0.25) is 0 Å². The van der Waals surface area contributed by atoms with Crippen molar-refractivity contribution in [3.63, 3.8) is 0 Å². The largest absolute Gasteiger partial charge is 0.436 e. The van der Waals surface area contributed by atoms with Crippen molar-refractivity contribution in [3.05, 3.63) is 30.0 Å². The van der Waals surface area contributed by atoms with E-state index in [0.717, 1.165) is 41.7 Å². The maximum absolute atomic E-state index is 9.48. The Bertz CT molecular complexity index is 940. The van der Waals surface area contributed by atoms with E-state index in [9.17, 15) is 5.11 Å². The molecule has 0 saturated carbocycles. The number of aliphatic hydroxyl groups excluding tert-OH is 1. The molecule has 0 aliphatic rings. The van der Waals surface area contributed by atoms with E-state index in [0.29, 0.717) is 24.2 Å². The lowest BCUT2D eigenvalue weighted by molar-refractivity contribution is 0.217. The third-order valence-electron chi connectivity index (χ3n) is 5.06. The molecule has 3 aromatic rings. The van der Waals surface area contributed by atoms with E-state index in [1.165, 1.54) is 0 Å². The molecule has 1 atom stereocenters. The number of rotatable bonds is 9. The van der Waals surface area contributed by atoms with Crippen LogP contribution >= 0.6 is 0 Å². The number of oxazole rings is 1. The highest BCUT2D eigenvalue weighted by Crippen LogP contribution is 2.32. The lowest BCUT2D eigenvalue weighted by Gasteiger charge is -2.20. The molecular formula is C23H33N5O2. The quantitative estimate of drug-likeness (QED) is 0.462. The van der Waals surface area contributed by atoms with Gasteiger partial charge in [0.2, 0.25) is 11.8 Å². The first kappa shape index (κ1) is 22.0. The second-order valence-electron chi connectivity index (χ2n) is 8.93. The third kappa shape index (κ3) is 5.48. The number of hydrogen-bond acceptors (Lipinski definition) is 7. The van der Waals surface area contributed by atoms with Gasteiger partial charge in [0.25, 0.3) is 0 Å². The Morgan fingerprint density at radius 2 is 1.87 bits per heavy atom. The Kier molecular flexibility index (Phi) is 6.92. The summed E-state index contributed by atoms with van der Waals surface area (Å²) in [6, 6.07) is 7.70. The zero-order valence-corrected chi connectivity index (χ0v) is 18.6. The van der Waals surface area contributed by atoms with E-state index >= 15 is 0 Å². The summed E-state index contributed by atoms with van der Waals surface area (Å²) in [6.45, 7) is 12.2. The molecule has 1 aromatic carbocycles. The number of hydrogen-bond donors (Lipinski definition) is 3. The van der Waals surface area contributed by atoms with Crippen molar-refractivity contribution in [2.45, 2.75) is 47.5 Å². The van der Waals surface area contributed by atoms with Gasteiger partial charge in [-0.3, -0.25) is 0 Å². The van der Waals surface area contributed by atoms with E-state index < -0.39 is 0 Å². The zero-order valence-electron chi connectivity index (χ0n) is 18.6. The summed E-state index contributed by atoms with van der Waals surface area (Å²) in [5.41, 5.74) is 3.21. The molecule has 7 heteroatoms. The fraction of sp³-hybridized carbons (Fsp3) is 0.522. The highest BCUT2D eigenvalue weighted by molar-refractivity contribution is 5.80. The smallest absolute Gasteiger partial charge is 0.232 e. The van der Waals surface area contributed by atoms with Crippen LogP contribution < -0.4 is 10.6 Å². The van der Waals surface area contributed by atoms with Gasteiger partial charge in [-0.2, -0.15) is 4.98 Å². The van der Waals surface area contributed by atoms with Crippen molar-refractivity contribution in [1.29, 1.82) is 0 Å². The topological polar surface area (TPSA) is 96.1 Å². The molecule has 7 nitrogen and oxygen atoms in total. The number of benzene rings is 1. The van der Waals surface area contributed by atoms with Crippen LogP contribution in [-0.2, 0) is 0 Å². The molecule has 3 N–H and O–H groups in total. The average Bonchev–Trinajstić information content (AvgIpc) is 3.12. The van der Waals surface area contributed by atoms with Gasteiger partial charge in [0, 0.05) is 19.7 Å². The second kappa shape index (κ2) is 9.43. The van der Waals surface area contributed by atoms with Crippen molar-refractivity contribution in [3.8, 4) is 11.5 Å². The molecule has 0 bridgehead atoms. The summed E-state index contributed by atoms with van der Waals surface area (Å²) < 4.78 is 6.01. The summed E-state index contributed by atoms with van der Waals surface area (Å²) in [4.78, 5) is 14.0. The molecule has 0 saturated heterocycles. The number of para-hydroxylation sites is 2. The van der Waals surface area contributed by atoms with Gasteiger partial charge in [-0.25, -0.2) is 9.97 Å². The van der Waals surface area contributed by atoms with Crippen LogP contribution in [0.5, 0.6) is 0 Å². The first-order valence-electron chi connectivity index (χ1n) is 10.6. The summed E-state index contributed by atoms with van der Waals surface area (Å²) in [6.07, 6.45) is 1.80. The van der Waals surface area contributed by atoms with Gasteiger partial charge in [-0.15, -0.1) is 0 Å². The fourth-order valence-electron chi connectivity index (χ4n) is 3.18. The first-order chi connectivity index (χ1) is 14.3. The van der Waals surface area contributed by atoms with Crippen LogP contribution in [0.3, 0.4) is 0 Å². The first-order valence-corrected chi connectivity index (χ1v) is 10.6. The minimum Gasteiger partial charge on any atom is -0.436 e. The molecule has 162 valence electrons. The Labute approximate surface area is 178 Å². The van der Waals surface area contributed by atoms with Crippen LogP contribution in [0.1, 0.15) is 46.2 Å². The van der Waals surface area contributed by atoms with Crippen molar-refractivity contribution in [1.82, 2.24) is 15.0 Å². The van der Waals surface area contributed by atoms with Gasteiger partial charge >= 0.3 is 0 Å². The van der Waals surface area contributed by atoms with E-state index in [1.807, 2.05) is 31.2 Å². The molecule has 0 amide bonds. The predicted molar refractivity (Wildman–Crippen MR) is 122 cm³/mol. The molecule has 30 heavy (non-hydrogen) atoms. The number of aryl methyl sites for hydroxylation is 1. The summed E-state index contributed by atoms with van der Waals surface area (Å²) >= 11 is 0. The van der Waals surface area contributed by atoms with Gasteiger partial charge < -0.3 is 20.2 Å². The number of anilines is 2. The van der Waals surface area contributed by atoms with Crippen LogP contribution in [0.15, 0.2) is 28.7 Å². The predicted octanol–water partition coefficient (Wildman–Crippen LogP) is 4.87. The van der Waals surface area contributed by atoms with Gasteiger partial charge in [0.15, 0.2) is 5.58 Å². The Hall–Kier alpha value is -2.67. The maximum atomic E-state index is 9.48. The van der Waals surface area contributed by atoms with Crippen LogP contribution in [0, 0.1) is 18.3 Å². The molecular weight excluding hydrogens is 378 g/mol. The van der Waals surface area contributed by atoms with Gasteiger partial charge in [0.05, 0.1) is 5.69 Å². The molecule has 1 unspecified atom stereocenters. The van der Waals surface area contributed by atoms with E-state index in [2.05, 4.69) is 48.3 Å². The highest BCUT2D eigenvalue weighted by atomic mass is 16.3. The van der Waals surface area contributed by atoms with Crippen molar-refractivity contribution >= 4 is 22.9 Å². The molecule has 3 rings (SSSR count). The van der Waals surface area contributed by atoms with E-state index in [-0.39, 0.29) is 17.9 Å². The lowest BCUT2D eigenvalue weighted by Crippen LogP contribution is -2.21. The molecule has 0 fully saturated rings.